The van der Waals surface area contributed by atoms with E-state index in [1.807, 2.05) is 6.07 Å². The molecular weight excluding hydrogens is 259 g/mol. The van der Waals surface area contributed by atoms with Gasteiger partial charge in [0, 0.05) is 0 Å². The van der Waals surface area contributed by atoms with Crippen LogP contribution in [-0.4, -0.2) is 24.2 Å². The molecule has 4 nitrogen and oxygen atoms in total. The predicted octanol–water partition coefficient (Wildman–Crippen LogP) is 3.39. The summed E-state index contributed by atoms with van der Waals surface area (Å²) < 4.78 is 24.4. The smallest absolute Gasteiger partial charge is 0.151 e. The minimum atomic E-state index is -0.362. The molecule has 0 atom stereocenters. The molecule has 3 rings (SSSR count). The lowest BCUT2D eigenvalue weighted by Crippen LogP contribution is -1.94. The summed E-state index contributed by atoms with van der Waals surface area (Å²) in [6.45, 7) is 0. The fourth-order valence-electron chi connectivity index (χ4n) is 2.20. The minimum Gasteiger partial charge on any atom is -0.496 e. The minimum absolute atomic E-state index is 0.301. The van der Waals surface area contributed by atoms with E-state index in [4.69, 9.17) is 9.47 Å². The molecule has 2 aromatic carbocycles. The van der Waals surface area contributed by atoms with Crippen molar-refractivity contribution < 1.29 is 13.9 Å². The van der Waals surface area contributed by atoms with Crippen LogP contribution in [0.25, 0.3) is 22.4 Å². The first-order chi connectivity index (χ1) is 9.74. The summed E-state index contributed by atoms with van der Waals surface area (Å²) >= 11 is 0. The SMILES string of the molecule is COc1cccc(OC)c1-c1nc2c(F)cccc2[nH]1. The number of hydrogen-bond acceptors (Lipinski definition) is 3. The molecule has 0 radical (unpaired) electrons. The quantitative estimate of drug-likeness (QED) is 0.795. The summed E-state index contributed by atoms with van der Waals surface area (Å²) in [5.74, 6) is 1.38. The van der Waals surface area contributed by atoms with Crippen LogP contribution in [0, 0.1) is 5.82 Å². The van der Waals surface area contributed by atoms with Gasteiger partial charge in [-0.2, -0.15) is 0 Å². The van der Waals surface area contributed by atoms with Crippen LogP contribution in [0.3, 0.4) is 0 Å². The number of rotatable bonds is 3. The molecule has 20 heavy (non-hydrogen) atoms. The molecule has 0 bridgehead atoms. The van der Waals surface area contributed by atoms with Crippen molar-refractivity contribution in [3.8, 4) is 22.9 Å². The molecular formula is C15H13FN2O2. The van der Waals surface area contributed by atoms with Crippen LogP contribution < -0.4 is 9.47 Å². The Kier molecular flexibility index (Phi) is 3.02. The molecule has 0 unspecified atom stereocenters. The second-order valence-corrected chi connectivity index (χ2v) is 4.26. The van der Waals surface area contributed by atoms with Crippen LogP contribution in [0.2, 0.25) is 0 Å². The maximum atomic E-state index is 13.7. The number of fused-ring (bicyclic) bond motifs is 1. The van der Waals surface area contributed by atoms with Gasteiger partial charge in [-0.25, -0.2) is 9.37 Å². The van der Waals surface area contributed by atoms with E-state index >= 15 is 0 Å². The predicted molar refractivity (Wildman–Crippen MR) is 74.6 cm³/mol. The van der Waals surface area contributed by atoms with E-state index in [-0.39, 0.29) is 5.82 Å². The molecule has 0 aliphatic rings. The Morgan fingerprint density at radius 3 is 2.25 bits per heavy atom. The molecule has 1 N–H and O–H groups in total. The highest BCUT2D eigenvalue weighted by Crippen LogP contribution is 2.37. The van der Waals surface area contributed by atoms with Crippen molar-refractivity contribution in [1.29, 1.82) is 0 Å². The zero-order chi connectivity index (χ0) is 14.1. The van der Waals surface area contributed by atoms with Crippen molar-refractivity contribution in [2.75, 3.05) is 14.2 Å². The maximum Gasteiger partial charge on any atom is 0.151 e. The monoisotopic (exact) mass is 272 g/mol. The molecule has 0 amide bonds. The summed E-state index contributed by atoms with van der Waals surface area (Å²) in [7, 11) is 3.14. The van der Waals surface area contributed by atoms with Crippen molar-refractivity contribution in [1.82, 2.24) is 9.97 Å². The first-order valence-corrected chi connectivity index (χ1v) is 6.10. The fraction of sp³-hybridized carbons (Fsp3) is 0.133. The summed E-state index contributed by atoms with van der Waals surface area (Å²) in [6.07, 6.45) is 0. The topological polar surface area (TPSA) is 47.1 Å². The molecule has 0 spiro atoms. The van der Waals surface area contributed by atoms with Gasteiger partial charge in [0.15, 0.2) is 5.82 Å². The van der Waals surface area contributed by atoms with Crippen molar-refractivity contribution >= 4 is 11.0 Å². The summed E-state index contributed by atoms with van der Waals surface area (Å²) in [4.78, 5) is 7.40. The summed E-state index contributed by atoms with van der Waals surface area (Å²) in [5, 5.41) is 0. The van der Waals surface area contributed by atoms with E-state index in [9.17, 15) is 4.39 Å². The van der Waals surface area contributed by atoms with E-state index in [2.05, 4.69) is 9.97 Å². The average molecular weight is 272 g/mol. The third-order valence-electron chi connectivity index (χ3n) is 3.13. The third kappa shape index (κ3) is 1.87. The average Bonchev–Trinajstić information content (AvgIpc) is 2.91. The van der Waals surface area contributed by atoms with Crippen LogP contribution in [0.15, 0.2) is 36.4 Å². The van der Waals surface area contributed by atoms with Crippen LogP contribution in [-0.2, 0) is 0 Å². The van der Waals surface area contributed by atoms with Gasteiger partial charge in [0.1, 0.15) is 28.4 Å². The summed E-state index contributed by atoms with van der Waals surface area (Å²) in [6, 6.07) is 10.2. The molecule has 0 saturated heterocycles. The number of halogens is 1. The number of para-hydroxylation sites is 1. The number of nitrogens with zero attached hydrogens (tertiary/aromatic N) is 1. The second-order valence-electron chi connectivity index (χ2n) is 4.26. The highest BCUT2D eigenvalue weighted by molar-refractivity contribution is 5.83. The van der Waals surface area contributed by atoms with Gasteiger partial charge < -0.3 is 14.5 Å². The molecule has 0 saturated carbocycles. The van der Waals surface area contributed by atoms with Gasteiger partial charge in [-0.05, 0) is 24.3 Å². The highest BCUT2D eigenvalue weighted by Gasteiger charge is 2.17. The Labute approximate surface area is 115 Å². The molecule has 0 aliphatic carbocycles. The molecule has 0 aliphatic heterocycles. The normalized spacial score (nSPS) is 10.8. The second kappa shape index (κ2) is 4.85. The Morgan fingerprint density at radius 1 is 1.00 bits per heavy atom. The van der Waals surface area contributed by atoms with E-state index < -0.39 is 0 Å². The first kappa shape index (κ1) is 12.5. The molecule has 1 heterocycles. The van der Waals surface area contributed by atoms with Gasteiger partial charge in [0.25, 0.3) is 0 Å². The molecule has 5 heteroatoms. The van der Waals surface area contributed by atoms with Gasteiger partial charge in [-0.15, -0.1) is 0 Å². The van der Waals surface area contributed by atoms with E-state index in [1.54, 1.807) is 38.5 Å². The Balaban J connectivity index is 2.27. The number of hydrogen-bond donors (Lipinski definition) is 1. The van der Waals surface area contributed by atoms with Crippen LogP contribution in [0.1, 0.15) is 0 Å². The largest absolute Gasteiger partial charge is 0.496 e. The standard InChI is InChI=1S/C15H13FN2O2/c1-19-11-7-4-8-12(20-2)13(11)15-17-10-6-3-5-9(16)14(10)18-15/h3-8H,1-2H3,(H,17,18). The Morgan fingerprint density at radius 2 is 1.65 bits per heavy atom. The highest BCUT2D eigenvalue weighted by atomic mass is 19.1. The number of aromatic nitrogens is 2. The van der Waals surface area contributed by atoms with Crippen molar-refractivity contribution in [2.24, 2.45) is 0 Å². The number of ether oxygens (including phenoxy) is 2. The van der Waals surface area contributed by atoms with Crippen molar-refractivity contribution in [3.63, 3.8) is 0 Å². The number of H-pyrrole nitrogens is 1. The fourth-order valence-corrected chi connectivity index (χ4v) is 2.20. The van der Waals surface area contributed by atoms with Crippen molar-refractivity contribution in [3.05, 3.63) is 42.2 Å². The van der Waals surface area contributed by atoms with Crippen LogP contribution >= 0.6 is 0 Å². The van der Waals surface area contributed by atoms with Gasteiger partial charge in [-0.1, -0.05) is 12.1 Å². The van der Waals surface area contributed by atoms with E-state index in [0.717, 1.165) is 0 Å². The zero-order valence-electron chi connectivity index (χ0n) is 11.1. The van der Waals surface area contributed by atoms with E-state index in [1.165, 1.54) is 6.07 Å². The molecule has 1 aromatic heterocycles. The lowest BCUT2D eigenvalue weighted by Gasteiger charge is -2.10. The third-order valence-corrected chi connectivity index (χ3v) is 3.13. The number of aromatic amines is 1. The van der Waals surface area contributed by atoms with Crippen LogP contribution in [0.4, 0.5) is 4.39 Å². The maximum absolute atomic E-state index is 13.7. The number of benzene rings is 2. The molecule has 0 fully saturated rings. The van der Waals surface area contributed by atoms with E-state index in [0.29, 0.717) is 33.9 Å². The zero-order valence-corrected chi connectivity index (χ0v) is 11.1. The lowest BCUT2D eigenvalue weighted by molar-refractivity contribution is 0.397. The Bertz CT molecular complexity index is 745. The number of methoxy groups -OCH3 is 2. The Hall–Kier alpha value is -2.56. The lowest BCUT2D eigenvalue weighted by atomic mass is 10.1. The van der Waals surface area contributed by atoms with Gasteiger partial charge >= 0.3 is 0 Å². The first-order valence-electron chi connectivity index (χ1n) is 6.10. The van der Waals surface area contributed by atoms with Gasteiger partial charge in [0.05, 0.1) is 19.7 Å². The van der Waals surface area contributed by atoms with Crippen LogP contribution in [0.5, 0.6) is 11.5 Å². The van der Waals surface area contributed by atoms with Gasteiger partial charge in [0.2, 0.25) is 0 Å². The van der Waals surface area contributed by atoms with Gasteiger partial charge in [-0.3, -0.25) is 0 Å². The van der Waals surface area contributed by atoms with Crippen molar-refractivity contribution in [2.45, 2.75) is 0 Å². The summed E-state index contributed by atoms with van der Waals surface area (Å²) in [5.41, 5.74) is 1.61. The molecule has 102 valence electrons. The molecule has 3 aromatic rings. The number of imidazole rings is 1. The number of nitrogens with one attached hydrogen (secondary N) is 1.